The molecule has 6 nitrogen and oxygen atoms in total. The Kier molecular flexibility index (Phi) is 2.82. The average molecular weight is 280 g/mol. The SMILES string of the molecule is Nc1ncnc2c1nc1n2CCN(Cc2ccccc2)C1. The molecule has 1 aliphatic heterocycles. The van der Waals surface area contributed by atoms with Crippen LogP contribution in [0.5, 0.6) is 0 Å². The Labute approximate surface area is 122 Å². The number of aromatic nitrogens is 4. The maximum atomic E-state index is 5.89. The molecule has 0 radical (unpaired) electrons. The third kappa shape index (κ3) is 2.13. The first-order valence-corrected chi connectivity index (χ1v) is 7.03. The van der Waals surface area contributed by atoms with Crippen LogP contribution in [0.3, 0.4) is 0 Å². The first-order chi connectivity index (χ1) is 10.3. The molecular formula is C15H16N6. The van der Waals surface area contributed by atoms with E-state index in [9.17, 15) is 0 Å². The fraction of sp³-hybridized carbons (Fsp3) is 0.267. The highest BCUT2D eigenvalue weighted by atomic mass is 15.3. The number of fused-ring (bicyclic) bond motifs is 3. The lowest BCUT2D eigenvalue weighted by molar-refractivity contribution is 0.210. The van der Waals surface area contributed by atoms with Crippen molar-refractivity contribution in [1.82, 2.24) is 24.4 Å². The van der Waals surface area contributed by atoms with Gasteiger partial charge in [-0.15, -0.1) is 0 Å². The number of nitrogens with two attached hydrogens (primary N) is 1. The summed E-state index contributed by atoms with van der Waals surface area (Å²) in [5.41, 5.74) is 8.77. The van der Waals surface area contributed by atoms with Crippen molar-refractivity contribution in [1.29, 1.82) is 0 Å². The molecule has 0 unspecified atom stereocenters. The fourth-order valence-electron chi connectivity index (χ4n) is 2.85. The van der Waals surface area contributed by atoms with E-state index in [1.54, 1.807) is 0 Å². The molecule has 2 aromatic heterocycles. The van der Waals surface area contributed by atoms with Crippen molar-refractivity contribution in [2.45, 2.75) is 19.6 Å². The molecule has 1 aliphatic rings. The van der Waals surface area contributed by atoms with Crippen molar-refractivity contribution in [3.8, 4) is 0 Å². The van der Waals surface area contributed by atoms with Gasteiger partial charge in [0.2, 0.25) is 0 Å². The van der Waals surface area contributed by atoms with Crippen molar-refractivity contribution < 1.29 is 0 Å². The summed E-state index contributed by atoms with van der Waals surface area (Å²) in [4.78, 5) is 15.3. The summed E-state index contributed by atoms with van der Waals surface area (Å²) in [5, 5.41) is 0. The second-order valence-corrected chi connectivity index (χ2v) is 5.31. The zero-order chi connectivity index (χ0) is 14.2. The Morgan fingerprint density at radius 1 is 1.10 bits per heavy atom. The Bertz CT molecular complexity index is 779. The third-order valence-electron chi connectivity index (χ3n) is 3.89. The van der Waals surface area contributed by atoms with Gasteiger partial charge in [0, 0.05) is 19.6 Å². The molecule has 0 aliphatic carbocycles. The number of anilines is 1. The van der Waals surface area contributed by atoms with Crippen LogP contribution in [0.25, 0.3) is 11.2 Å². The van der Waals surface area contributed by atoms with Crippen molar-refractivity contribution in [3.63, 3.8) is 0 Å². The lowest BCUT2D eigenvalue weighted by Crippen LogP contribution is -2.33. The molecule has 0 atom stereocenters. The van der Waals surface area contributed by atoms with Gasteiger partial charge >= 0.3 is 0 Å². The van der Waals surface area contributed by atoms with Crippen LogP contribution in [0.4, 0.5) is 5.82 Å². The summed E-state index contributed by atoms with van der Waals surface area (Å²) in [5.74, 6) is 1.47. The summed E-state index contributed by atoms with van der Waals surface area (Å²) >= 11 is 0. The number of hydrogen-bond donors (Lipinski definition) is 1. The van der Waals surface area contributed by atoms with Crippen molar-refractivity contribution >= 4 is 17.0 Å². The minimum absolute atomic E-state index is 0.455. The van der Waals surface area contributed by atoms with Crippen molar-refractivity contribution in [2.24, 2.45) is 0 Å². The Morgan fingerprint density at radius 2 is 1.95 bits per heavy atom. The van der Waals surface area contributed by atoms with E-state index in [0.717, 1.165) is 37.7 Å². The molecule has 0 fully saturated rings. The van der Waals surface area contributed by atoms with Crippen molar-refractivity contribution in [2.75, 3.05) is 12.3 Å². The van der Waals surface area contributed by atoms with Crippen LogP contribution in [0.1, 0.15) is 11.4 Å². The number of rotatable bonds is 2. The monoisotopic (exact) mass is 280 g/mol. The molecule has 4 rings (SSSR count). The van der Waals surface area contributed by atoms with Gasteiger partial charge in [-0.25, -0.2) is 15.0 Å². The summed E-state index contributed by atoms with van der Waals surface area (Å²) in [6, 6.07) is 10.5. The quantitative estimate of drug-likeness (QED) is 0.768. The van der Waals surface area contributed by atoms with Crippen LogP contribution in [-0.4, -0.2) is 31.0 Å². The number of nitrogen functional groups attached to an aromatic ring is 1. The summed E-state index contributed by atoms with van der Waals surface area (Å²) in [7, 11) is 0. The normalized spacial score (nSPS) is 15.2. The van der Waals surface area contributed by atoms with Gasteiger partial charge in [0.15, 0.2) is 17.0 Å². The smallest absolute Gasteiger partial charge is 0.165 e. The zero-order valence-electron chi connectivity index (χ0n) is 11.6. The minimum Gasteiger partial charge on any atom is -0.382 e. The van der Waals surface area contributed by atoms with Gasteiger partial charge < -0.3 is 10.3 Å². The molecule has 3 aromatic rings. The van der Waals surface area contributed by atoms with Crippen LogP contribution in [0, 0.1) is 0 Å². The van der Waals surface area contributed by atoms with Crippen LogP contribution >= 0.6 is 0 Å². The van der Waals surface area contributed by atoms with E-state index in [-0.39, 0.29) is 0 Å². The Balaban J connectivity index is 1.63. The lowest BCUT2D eigenvalue weighted by Gasteiger charge is -2.27. The van der Waals surface area contributed by atoms with Gasteiger partial charge in [0.1, 0.15) is 12.2 Å². The van der Waals surface area contributed by atoms with E-state index in [1.165, 1.54) is 11.9 Å². The summed E-state index contributed by atoms with van der Waals surface area (Å²) in [6.07, 6.45) is 1.50. The Hall–Kier alpha value is -2.47. The predicted molar refractivity (Wildman–Crippen MR) is 80.3 cm³/mol. The first kappa shape index (κ1) is 12.3. The van der Waals surface area contributed by atoms with E-state index >= 15 is 0 Å². The second kappa shape index (κ2) is 4.82. The predicted octanol–water partition coefficient (Wildman–Crippen LogP) is 1.42. The molecule has 0 bridgehead atoms. The highest BCUT2D eigenvalue weighted by Crippen LogP contribution is 2.22. The molecule has 0 saturated heterocycles. The third-order valence-corrected chi connectivity index (χ3v) is 3.89. The van der Waals surface area contributed by atoms with Crippen LogP contribution in [0.15, 0.2) is 36.7 Å². The van der Waals surface area contributed by atoms with E-state index in [4.69, 9.17) is 5.73 Å². The van der Waals surface area contributed by atoms with Gasteiger partial charge in [-0.2, -0.15) is 0 Å². The standard InChI is InChI=1S/C15H16N6/c16-14-13-15(18-10-17-14)21-7-6-20(9-12(21)19-13)8-11-4-2-1-3-5-11/h1-5,10H,6-9H2,(H2,16,17,18). The second-order valence-electron chi connectivity index (χ2n) is 5.31. The zero-order valence-corrected chi connectivity index (χ0v) is 11.6. The van der Waals surface area contributed by atoms with Crippen LogP contribution < -0.4 is 5.73 Å². The molecule has 3 heterocycles. The average Bonchev–Trinajstić information content (AvgIpc) is 2.88. The molecule has 0 spiro atoms. The number of imidazole rings is 1. The number of hydrogen-bond acceptors (Lipinski definition) is 5. The van der Waals surface area contributed by atoms with Gasteiger partial charge in [-0.05, 0) is 5.56 Å². The molecule has 2 N–H and O–H groups in total. The van der Waals surface area contributed by atoms with Gasteiger partial charge in [0.05, 0.1) is 6.54 Å². The summed E-state index contributed by atoms with van der Waals surface area (Å²) in [6.45, 7) is 3.61. The largest absolute Gasteiger partial charge is 0.382 e. The number of benzene rings is 1. The topological polar surface area (TPSA) is 72.9 Å². The fourth-order valence-corrected chi connectivity index (χ4v) is 2.85. The highest BCUT2D eigenvalue weighted by molar-refractivity contribution is 5.81. The molecule has 0 saturated carbocycles. The molecular weight excluding hydrogens is 264 g/mol. The first-order valence-electron chi connectivity index (χ1n) is 7.03. The molecule has 0 amide bonds. The Morgan fingerprint density at radius 3 is 2.81 bits per heavy atom. The minimum atomic E-state index is 0.455. The van der Waals surface area contributed by atoms with E-state index in [1.807, 2.05) is 6.07 Å². The van der Waals surface area contributed by atoms with E-state index < -0.39 is 0 Å². The van der Waals surface area contributed by atoms with Crippen LogP contribution in [-0.2, 0) is 19.6 Å². The summed E-state index contributed by atoms with van der Waals surface area (Å²) < 4.78 is 2.15. The van der Waals surface area contributed by atoms with Gasteiger partial charge in [-0.3, -0.25) is 4.90 Å². The number of nitrogens with zero attached hydrogens (tertiary/aromatic N) is 5. The van der Waals surface area contributed by atoms with Crippen LogP contribution in [0.2, 0.25) is 0 Å². The molecule has 21 heavy (non-hydrogen) atoms. The van der Waals surface area contributed by atoms with Gasteiger partial charge in [-0.1, -0.05) is 30.3 Å². The molecule has 1 aromatic carbocycles. The highest BCUT2D eigenvalue weighted by Gasteiger charge is 2.21. The van der Waals surface area contributed by atoms with E-state index in [2.05, 4.69) is 48.7 Å². The lowest BCUT2D eigenvalue weighted by atomic mass is 10.2. The maximum absolute atomic E-state index is 5.89. The van der Waals surface area contributed by atoms with E-state index in [0.29, 0.717) is 11.3 Å². The van der Waals surface area contributed by atoms with Crippen molar-refractivity contribution in [3.05, 3.63) is 48.0 Å². The molecule has 6 heteroatoms. The maximum Gasteiger partial charge on any atom is 0.165 e. The van der Waals surface area contributed by atoms with Gasteiger partial charge in [0.25, 0.3) is 0 Å². The molecule has 106 valence electrons.